The number of aromatic hydroxyl groups is 1. The van der Waals surface area contributed by atoms with Gasteiger partial charge in [0.1, 0.15) is 29.0 Å². The number of ketones is 1. The van der Waals surface area contributed by atoms with Gasteiger partial charge in [-0.1, -0.05) is 61.4 Å². The van der Waals surface area contributed by atoms with Crippen LogP contribution in [0.5, 0.6) is 11.5 Å². The van der Waals surface area contributed by atoms with E-state index >= 15 is 0 Å². The van der Waals surface area contributed by atoms with Crippen LogP contribution in [0, 0.1) is 29.1 Å². The Balaban J connectivity index is 1.34. The minimum atomic E-state index is -1.41. The maximum atomic E-state index is 14.2. The Bertz CT molecular complexity index is 1720. The number of phenols is 1. The van der Waals surface area contributed by atoms with E-state index in [1.165, 1.54) is 6.07 Å². The molecular weight excluding hydrogens is 608 g/mol. The minimum absolute atomic E-state index is 0.0157. The molecule has 2 bridgehead atoms. The standard InChI is InChI=1S/C40H44O8/c1-2-25-18-27(26-8-5-7-24(17-26)23-41)10-11-28-21-37(44)47-34-22-33(42)29(19-30(28)34)20-36(48-38(25)45)40(46)16-6-9-31-32(40)12-13-35(43)39(31)14-3-4-15-39/h2,5,7-8,17,19,22,27-28,31-32,36,41-42,46H,3-4,6,9,12-16,18,20-21,23H2,1H3/b25-2-/t27-,28-,31-,32+,36+,40-/m0/s1. The number of aliphatic hydroxyl groups excluding tert-OH is 1. The van der Waals surface area contributed by atoms with Gasteiger partial charge in [-0.05, 0) is 80.0 Å². The quantitative estimate of drug-likeness (QED) is 0.161. The zero-order chi connectivity index (χ0) is 33.6. The second-order valence-electron chi connectivity index (χ2n) is 14.5. The predicted octanol–water partition coefficient (Wildman–Crippen LogP) is 5.94. The van der Waals surface area contributed by atoms with Crippen LogP contribution in [0.1, 0.15) is 112 Å². The third-order valence-electron chi connectivity index (χ3n) is 12.1. The number of ether oxygens (including phenoxy) is 2. The summed E-state index contributed by atoms with van der Waals surface area (Å²) in [5.41, 5.74) is 1.24. The van der Waals surface area contributed by atoms with Gasteiger partial charge in [-0.3, -0.25) is 9.59 Å². The van der Waals surface area contributed by atoms with Crippen molar-refractivity contribution < 1.29 is 39.2 Å². The summed E-state index contributed by atoms with van der Waals surface area (Å²) in [6, 6.07) is 10.6. The van der Waals surface area contributed by atoms with Gasteiger partial charge in [-0.15, -0.1) is 0 Å². The highest BCUT2D eigenvalue weighted by Crippen LogP contribution is 2.60. The van der Waals surface area contributed by atoms with E-state index in [4.69, 9.17) is 9.47 Å². The molecule has 5 aliphatic rings. The van der Waals surface area contributed by atoms with Gasteiger partial charge < -0.3 is 24.8 Å². The first-order chi connectivity index (χ1) is 23.1. The van der Waals surface area contributed by atoms with Crippen molar-refractivity contribution in [2.45, 2.75) is 114 Å². The lowest BCUT2D eigenvalue weighted by molar-refractivity contribution is -0.198. The Morgan fingerprint density at radius 1 is 0.938 bits per heavy atom. The number of benzene rings is 2. The summed E-state index contributed by atoms with van der Waals surface area (Å²) in [6.45, 7) is 1.63. The highest BCUT2D eigenvalue weighted by Gasteiger charge is 2.61. The molecule has 1 spiro atoms. The number of phenolic OH excluding ortho intramolecular Hbond substituents is 1. The van der Waals surface area contributed by atoms with Crippen molar-refractivity contribution in [2.75, 3.05) is 0 Å². The first kappa shape index (κ1) is 32.6. The van der Waals surface area contributed by atoms with E-state index in [0.29, 0.717) is 53.7 Å². The van der Waals surface area contributed by atoms with Crippen molar-refractivity contribution in [2.24, 2.45) is 17.3 Å². The van der Waals surface area contributed by atoms with Crippen molar-refractivity contribution in [1.29, 1.82) is 0 Å². The number of hydrogen-bond donors (Lipinski definition) is 3. The van der Waals surface area contributed by atoms with Crippen LogP contribution >= 0.6 is 0 Å². The number of aliphatic hydroxyl groups is 2. The Kier molecular flexibility index (Phi) is 8.72. The summed E-state index contributed by atoms with van der Waals surface area (Å²) in [5, 5.41) is 33.9. The van der Waals surface area contributed by atoms with Crippen LogP contribution in [0.15, 0.2) is 48.0 Å². The van der Waals surface area contributed by atoms with Crippen LogP contribution in [-0.2, 0) is 32.1 Å². The van der Waals surface area contributed by atoms with Crippen molar-refractivity contribution in [1.82, 2.24) is 0 Å². The normalized spacial score (nSPS) is 32.2. The molecule has 3 saturated carbocycles. The number of hydrogen-bond acceptors (Lipinski definition) is 8. The molecule has 8 nitrogen and oxygen atoms in total. The molecule has 6 atom stereocenters. The molecular formula is C40H44O8. The molecule has 2 aromatic carbocycles. The molecule has 2 aromatic rings. The number of esters is 2. The second kappa shape index (κ2) is 12.8. The van der Waals surface area contributed by atoms with Gasteiger partial charge >= 0.3 is 11.9 Å². The molecule has 2 heterocycles. The summed E-state index contributed by atoms with van der Waals surface area (Å²) < 4.78 is 11.9. The number of carbonyl (C=O) groups excluding carboxylic acids is 3. The molecule has 0 saturated heterocycles. The molecule has 8 heteroatoms. The van der Waals surface area contributed by atoms with Gasteiger partial charge in [0.05, 0.1) is 18.9 Å². The zero-order valence-corrected chi connectivity index (χ0v) is 27.5. The van der Waals surface area contributed by atoms with E-state index in [2.05, 4.69) is 11.8 Å². The predicted molar refractivity (Wildman–Crippen MR) is 177 cm³/mol. The van der Waals surface area contributed by atoms with Crippen molar-refractivity contribution >= 4 is 17.7 Å². The summed E-state index contributed by atoms with van der Waals surface area (Å²) >= 11 is 0. The van der Waals surface area contributed by atoms with E-state index < -0.39 is 40.9 Å². The second-order valence-corrected chi connectivity index (χ2v) is 14.5. The average Bonchev–Trinajstić information content (AvgIpc) is 3.57. The molecule has 0 radical (unpaired) electrons. The van der Waals surface area contributed by atoms with Crippen LogP contribution in [-0.4, -0.2) is 44.7 Å². The van der Waals surface area contributed by atoms with E-state index in [9.17, 15) is 29.7 Å². The molecule has 3 aliphatic carbocycles. The Morgan fingerprint density at radius 3 is 2.50 bits per heavy atom. The minimum Gasteiger partial charge on any atom is -0.508 e. The number of allylic oxidation sites excluding steroid dienone is 1. The summed E-state index contributed by atoms with van der Waals surface area (Å²) in [4.78, 5) is 40.3. The molecule has 0 aromatic heterocycles. The third-order valence-corrected chi connectivity index (χ3v) is 12.1. The fraction of sp³-hybridized carbons (Fsp3) is 0.525. The van der Waals surface area contributed by atoms with Crippen LogP contribution in [0.4, 0.5) is 0 Å². The van der Waals surface area contributed by atoms with Crippen molar-refractivity contribution in [3.63, 3.8) is 0 Å². The van der Waals surface area contributed by atoms with Gasteiger partial charge in [0, 0.05) is 41.4 Å². The maximum Gasteiger partial charge on any atom is 0.334 e. The number of rotatable bonds is 3. The first-order valence-electron chi connectivity index (χ1n) is 17.5. The van der Waals surface area contributed by atoms with Crippen molar-refractivity contribution in [3.8, 4) is 23.3 Å². The Labute approximate surface area is 281 Å². The first-order valence-corrected chi connectivity index (χ1v) is 17.5. The zero-order valence-electron chi connectivity index (χ0n) is 27.5. The van der Waals surface area contributed by atoms with E-state index in [0.717, 1.165) is 37.7 Å². The molecule has 2 aliphatic heterocycles. The summed E-state index contributed by atoms with van der Waals surface area (Å²) in [5.74, 6) is 4.90. The van der Waals surface area contributed by atoms with E-state index in [1.807, 2.05) is 24.3 Å². The Hall–Kier alpha value is -3.93. The molecule has 3 fully saturated rings. The molecule has 0 amide bonds. The topological polar surface area (TPSA) is 130 Å². The van der Waals surface area contributed by atoms with Gasteiger partial charge in [0.15, 0.2) is 0 Å². The van der Waals surface area contributed by atoms with E-state index in [1.54, 1.807) is 19.1 Å². The Morgan fingerprint density at radius 2 is 1.73 bits per heavy atom. The highest BCUT2D eigenvalue weighted by molar-refractivity contribution is 5.89. The van der Waals surface area contributed by atoms with Crippen LogP contribution in [0.2, 0.25) is 0 Å². The van der Waals surface area contributed by atoms with Gasteiger partial charge in [-0.25, -0.2) is 4.79 Å². The number of fused-ring (bicyclic) bond motifs is 3. The maximum absolute atomic E-state index is 14.2. The fourth-order valence-corrected chi connectivity index (χ4v) is 9.60. The molecule has 0 unspecified atom stereocenters. The fourth-order valence-electron chi connectivity index (χ4n) is 9.60. The van der Waals surface area contributed by atoms with Crippen LogP contribution in [0.25, 0.3) is 0 Å². The van der Waals surface area contributed by atoms with Gasteiger partial charge in [-0.2, -0.15) is 0 Å². The van der Waals surface area contributed by atoms with Crippen LogP contribution < -0.4 is 4.74 Å². The smallest absolute Gasteiger partial charge is 0.334 e. The monoisotopic (exact) mass is 652 g/mol. The number of carbonyl (C=O) groups is 3. The molecule has 48 heavy (non-hydrogen) atoms. The van der Waals surface area contributed by atoms with Gasteiger partial charge in [0.2, 0.25) is 0 Å². The lowest BCUT2D eigenvalue weighted by Crippen LogP contribution is -2.61. The highest BCUT2D eigenvalue weighted by atomic mass is 16.6. The van der Waals surface area contributed by atoms with Gasteiger partial charge in [0.25, 0.3) is 0 Å². The van der Waals surface area contributed by atoms with E-state index in [-0.39, 0.29) is 49.2 Å². The number of Topliss-reactive ketones (excluding diaryl/α,β-unsaturated/α-hetero) is 1. The largest absolute Gasteiger partial charge is 0.508 e. The molecule has 7 rings (SSSR count). The summed E-state index contributed by atoms with van der Waals surface area (Å²) in [6.07, 6.45) is 7.70. The molecule has 252 valence electrons. The number of cyclic esters (lactones) is 1. The SMILES string of the molecule is C/C=C1/C[C@@H](c2cccc(CO)c2)C#C[C@H]2CC(=O)Oc3cc(O)c(cc32)C[C@H]([C@]2(O)CCC[C@H]3[C@H]2CCC(=O)C32CCCC2)OC1=O. The third kappa shape index (κ3) is 5.65. The lowest BCUT2D eigenvalue weighted by Gasteiger charge is -2.55. The van der Waals surface area contributed by atoms with Crippen molar-refractivity contribution in [3.05, 3.63) is 70.3 Å². The average molecular weight is 653 g/mol. The van der Waals surface area contributed by atoms with Crippen LogP contribution in [0.3, 0.4) is 0 Å². The lowest BCUT2D eigenvalue weighted by atomic mass is 9.51. The summed E-state index contributed by atoms with van der Waals surface area (Å²) in [7, 11) is 0. The molecule has 3 N–H and O–H groups in total.